The minimum absolute atomic E-state index is 0.166. The topological polar surface area (TPSA) is 544 Å². The number of carbonyl (C=O) groups excluding carboxylic acids is 6. The quantitative estimate of drug-likeness (QED) is 0.0216. The molecule has 732 valence electrons. The maximum Gasteiger partial charge on any atom is 0.323 e. The van der Waals surface area contributed by atoms with E-state index in [-0.39, 0.29) is 49.4 Å². The highest BCUT2D eigenvalue weighted by atomic mass is 19.1. The number of urea groups is 5. The average molecular weight is 1950 g/mol. The molecule has 0 spiro atoms. The molecule has 0 aliphatic heterocycles. The Kier molecular flexibility index (Phi) is 37.2. The summed E-state index contributed by atoms with van der Waals surface area (Å²) < 4.78 is 51.5. The second-order valence-corrected chi connectivity index (χ2v) is 30.8. The van der Waals surface area contributed by atoms with E-state index >= 15 is 0 Å². The average Bonchev–Trinajstić information content (AvgIpc) is 1.72. The van der Waals surface area contributed by atoms with Gasteiger partial charge in [0.15, 0.2) is 29.1 Å². The van der Waals surface area contributed by atoms with Gasteiger partial charge in [-0.15, -0.1) is 0 Å². The fourth-order valence-electron chi connectivity index (χ4n) is 13.3. The zero-order valence-corrected chi connectivity index (χ0v) is 77.2. The molecule has 18 rings (SSSR count). The van der Waals surface area contributed by atoms with E-state index in [9.17, 15) is 57.3 Å². The molecule has 1 unspecified atom stereocenters. The van der Waals surface area contributed by atoms with E-state index in [0.717, 1.165) is 90.2 Å². The van der Waals surface area contributed by atoms with E-state index < -0.39 is 41.7 Å². The molecule has 2 atom stereocenters. The van der Waals surface area contributed by atoms with Crippen molar-refractivity contribution >= 4 is 65.2 Å². The van der Waals surface area contributed by atoms with Gasteiger partial charge in [0.05, 0.1) is 85.4 Å². The van der Waals surface area contributed by atoms with Crippen LogP contribution >= 0.6 is 0 Å². The first-order valence-corrected chi connectivity index (χ1v) is 43.9. The number of carbonyl (C=O) groups is 6. The van der Waals surface area contributed by atoms with E-state index in [2.05, 4.69) is 139 Å². The van der Waals surface area contributed by atoms with Crippen molar-refractivity contribution in [1.82, 2.24) is 122 Å². The van der Waals surface area contributed by atoms with Crippen LogP contribution in [-0.2, 0) is 26.2 Å². The van der Waals surface area contributed by atoms with Gasteiger partial charge in [-0.1, -0.05) is 72.8 Å². The number of hydrogen-bond acceptors (Lipinski definition) is 23. The molecule has 11 amide bonds. The van der Waals surface area contributed by atoms with Gasteiger partial charge in [0.2, 0.25) is 0 Å². The number of aromatic hydroxyl groups is 1. The summed E-state index contributed by atoms with van der Waals surface area (Å²) in [7, 11) is 4.95. The third-order valence-electron chi connectivity index (χ3n) is 20.5. The Morgan fingerprint density at radius 1 is 0.375 bits per heavy atom. The van der Waals surface area contributed by atoms with Gasteiger partial charge in [-0.3, -0.25) is 86.8 Å². The van der Waals surface area contributed by atoms with Crippen LogP contribution in [0, 0.1) is 17.5 Å². The number of H-pyrrole nitrogens is 5. The lowest BCUT2D eigenvalue weighted by atomic mass is 10.1. The van der Waals surface area contributed by atoms with Gasteiger partial charge < -0.3 is 56.3 Å². The lowest BCUT2D eigenvalue weighted by Gasteiger charge is -2.17. The first kappa shape index (κ1) is 102. The second-order valence-electron chi connectivity index (χ2n) is 30.8. The zero-order valence-electron chi connectivity index (χ0n) is 77.2. The molecule has 0 fully saturated rings. The van der Waals surface area contributed by atoms with E-state index in [0.29, 0.717) is 71.0 Å². The third-order valence-corrected chi connectivity index (χ3v) is 20.5. The lowest BCUT2D eigenvalue weighted by molar-refractivity contribution is 0.0915. The third kappa shape index (κ3) is 32.0. The summed E-state index contributed by atoms with van der Waals surface area (Å²) in [4.78, 5) is 97.7. The number of aliphatic hydroxyl groups is 2. The van der Waals surface area contributed by atoms with E-state index in [1.54, 1.807) is 196 Å². The molecule has 18 aromatic rings. The van der Waals surface area contributed by atoms with E-state index in [4.69, 9.17) is 9.47 Å². The summed E-state index contributed by atoms with van der Waals surface area (Å²) in [5.41, 5.74) is 14.0. The van der Waals surface area contributed by atoms with E-state index in [1.165, 1.54) is 54.7 Å². The standard InChI is InChI=1S/C18H19N5O2.C17H16FN5O2.C17H15FN4O2.C17H17N5O2.C16H14FN5O.C16H15N5O2/c1-23(12-13-4-3-5-15(10-13)25-2)18(24)20-17-11-16(21-22-17)14-6-8-19-9-7-14;18-13-3-1-2-12(8-13)15(10-24)20-17(25)21-16-9-14(22-23-16)11-4-6-19-7-5-11;18-14-3-1-2-12(8-14)16(11-23)21-17(24)13-9-20-22(10-13)15-4-6-19-7-5-15;1-24-14-4-2-3-12(9-14)11-19-17(23)20-16-10-15(21-22-16)13-5-7-18-8-6-13;17-13-3-1-2-11(8-13)10-19-16(23)20-15-9-14(21-22-15)12-4-6-18-7-5-12;22-13-3-1-2-11(8-13)10-18-16(23)19-15-9-14(20-21-15)12-4-6-17-7-5-12/h3-11H,12H2,1-2H3,(H2,20,21,22,24);1-9,15,24H,10H2,(H3,20,21,22,23,25);1-10,16,23H,11H2,(H,21,24);2-10H,11H2,1H3,(H3,19,20,21,22,23);1-9H,10H2,(H3,19,20,21,22,23);1-9,22H,10H2,(H3,18,19,20,21,23)/t;;16-;;;/m..1.../s1. The van der Waals surface area contributed by atoms with Gasteiger partial charge in [0, 0.05) is 172 Å². The summed E-state index contributed by atoms with van der Waals surface area (Å²) in [5.74, 6) is 2.14. The number of anilines is 5. The monoisotopic (exact) mass is 1950 g/mol. The van der Waals surface area contributed by atoms with Crippen molar-refractivity contribution < 1.29 is 66.7 Å². The number of amides is 11. The minimum Gasteiger partial charge on any atom is -0.508 e. The number of aromatic nitrogens is 18. The number of pyridine rings is 6. The number of aromatic amines is 5. The van der Waals surface area contributed by atoms with Crippen LogP contribution in [0.4, 0.5) is 66.2 Å². The summed E-state index contributed by atoms with van der Waals surface area (Å²) in [5, 5.41) is 93.7. The largest absolute Gasteiger partial charge is 0.508 e. The van der Waals surface area contributed by atoms with Crippen molar-refractivity contribution in [2.24, 2.45) is 0 Å². The Morgan fingerprint density at radius 3 is 1.08 bits per heavy atom. The van der Waals surface area contributed by atoms with Crippen LogP contribution < -0.4 is 62.6 Å². The van der Waals surface area contributed by atoms with Crippen LogP contribution in [0.3, 0.4) is 0 Å². The highest BCUT2D eigenvalue weighted by Crippen LogP contribution is 2.27. The SMILES string of the molecule is COc1cccc(CN(C)C(=O)Nc2cc(-c3ccncc3)[nH]n2)c1.COc1cccc(CNC(=O)Nc2cc(-c3ccncc3)[nH]n2)c1.O=C(NCc1cccc(F)c1)Nc1cc(-c2ccncc2)[nH]n1.O=C(NCc1cccc(O)c1)Nc1cc(-c2ccncc2)[nH]n1.O=C(N[C@H](CO)c1cccc(F)c1)c1cnn(-c2ccncc2)c1.O=C(Nc1cc(-c2ccncc2)[nH]n1)NC(CO)c1cccc(F)c1. The highest BCUT2D eigenvalue weighted by molar-refractivity contribution is 5.95. The number of rotatable bonds is 28. The van der Waals surface area contributed by atoms with Crippen LogP contribution in [-0.4, -0.2) is 181 Å². The number of phenolic OH excluding ortho intramolecular Hbond substituents is 1. The zero-order chi connectivity index (χ0) is 101. The summed E-state index contributed by atoms with van der Waals surface area (Å²) >= 11 is 0. The number of aliphatic hydroxyl groups excluding tert-OH is 2. The molecule has 0 saturated heterocycles. The van der Waals surface area contributed by atoms with Gasteiger partial charge in [0.1, 0.15) is 34.7 Å². The van der Waals surface area contributed by atoms with Gasteiger partial charge >= 0.3 is 30.2 Å². The van der Waals surface area contributed by atoms with Crippen LogP contribution in [0.1, 0.15) is 55.8 Å². The normalized spacial score (nSPS) is 10.8. The Balaban J connectivity index is 0.000000145. The second kappa shape index (κ2) is 52.7. The van der Waals surface area contributed by atoms with Crippen LogP contribution in [0.2, 0.25) is 0 Å². The van der Waals surface area contributed by atoms with Crippen molar-refractivity contribution in [3.63, 3.8) is 0 Å². The van der Waals surface area contributed by atoms with Crippen molar-refractivity contribution in [3.8, 4) is 79.2 Å². The summed E-state index contributed by atoms with van der Waals surface area (Å²) in [6.07, 6.45) is 23.1. The minimum atomic E-state index is -0.727. The van der Waals surface area contributed by atoms with Crippen molar-refractivity contribution in [1.29, 1.82) is 0 Å². The van der Waals surface area contributed by atoms with Crippen molar-refractivity contribution in [2.75, 3.05) is 61.1 Å². The number of ether oxygens (including phenoxy) is 2. The number of phenols is 1. The highest BCUT2D eigenvalue weighted by Gasteiger charge is 2.21. The van der Waals surface area contributed by atoms with Crippen LogP contribution in [0.15, 0.2) is 335 Å². The first-order chi connectivity index (χ1) is 70.1. The fourth-order valence-corrected chi connectivity index (χ4v) is 13.3. The molecule has 12 aromatic heterocycles. The number of nitrogens with one attached hydrogen (secondary N) is 15. The number of benzene rings is 6. The van der Waals surface area contributed by atoms with Crippen LogP contribution in [0.5, 0.6) is 17.2 Å². The molecule has 0 aliphatic rings. The Labute approximate surface area is 820 Å². The van der Waals surface area contributed by atoms with Gasteiger partial charge in [0.25, 0.3) is 5.91 Å². The molecule has 0 radical (unpaired) electrons. The first-order valence-electron chi connectivity index (χ1n) is 43.9. The molecule has 18 N–H and O–H groups in total. The predicted molar refractivity (Wildman–Crippen MR) is 531 cm³/mol. The number of halogens is 3. The van der Waals surface area contributed by atoms with E-state index in [1.807, 2.05) is 115 Å². The molecular weight excluding hydrogens is 1850 g/mol. The maximum absolute atomic E-state index is 13.3. The molecule has 6 aromatic carbocycles. The number of nitrogens with zero attached hydrogens (tertiary/aromatic N) is 14. The summed E-state index contributed by atoms with van der Waals surface area (Å²) in [6, 6.07) is 66.7. The van der Waals surface area contributed by atoms with Gasteiger partial charge in [-0.05, 0) is 179 Å². The molecule has 0 bridgehead atoms. The summed E-state index contributed by atoms with van der Waals surface area (Å²) in [6.45, 7) is 0.690. The Morgan fingerprint density at radius 2 is 0.701 bits per heavy atom. The molecule has 12 heterocycles. The lowest BCUT2D eigenvalue weighted by Crippen LogP contribution is -2.34. The molecule has 40 nitrogen and oxygen atoms in total. The molecule has 0 saturated carbocycles. The molecule has 144 heavy (non-hydrogen) atoms. The number of hydrogen-bond donors (Lipinski definition) is 18. The van der Waals surface area contributed by atoms with Gasteiger partial charge in [-0.2, -0.15) is 30.6 Å². The molecular formula is C101H96F3N29O11. The Hall–Kier alpha value is -19.6. The Bertz CT molecular complexity index is 7000. The van der Waals surface area contributed by atoms with Crippen molar-refractivity contribution in [2.45, 2.75) is 38.3 Å². The smallest absolute Gasteiger partial charge is 0.323 e. The van der Waals surface area contributed by atoms with Crippen LogP contribution in [0.25, 0.3) is 62.0 Å². The predicted octanol–water partition coefficient (Wildman–Crippen LogP) is 15.7. The maximum atomic E-state index is 13.3. The fraction of sp³-hybridized carbons (Fsp3) is 0.109. The van der Waals surface area contributed by atoms with Crippen molar-refractivity contribution in [3.05, 3.63) is 392 Å². The molecule has 43 heteroatoms. The molecule has 0 aliphatic carbocycles. The number of methoxy groups -OCH3 is 2. The van der Waals surface area contributed by atoms with Gasteiger partial charge in [-0.25, -0.2) is 41.8 Å².